The Kier molecular flexibility index (Phi) is 21.8. The number of hydrogen-bond acceptors (Lipinski definition) is 12. The van der Waals surface area contributed by atoms with E-state index in [2.05, 4.69) is 32.6 Å². The second-order valence-electron chi connectivity index (χ2n) is 18.7. The Morgan fingerprint density at radius 3 is 1.28 bits per heavy atom. The molecule has 0 aromatic heterocycles. The molecule has 2 amide bonds. The summed E-state index contributed by atoms with van der Waals surface area (Å²) >= 11 is 0. The van der Waals surface area contributed by atoms with E-state index in [1.165, 1.54) is 12.1 Å². The summed E-state index contributed by atoms with van der Waals surface area (Å²) in [6.45, 7) is 7.96. The minimum atomic E-state index is -4.45. The SMILES string of the molecule is C[C@H](Cc1cc2c(c(C(N)=O)c1)N(CCCOCCCCOCCCN1CCc3cc(C[C@@H](C)NCCOc4ccccc4OCC(F)(F)F)cc(C(N)=O)c31)CC2)NCCOc1ccccc1OCC(F)(F)F. The third-order valence-electron chi connectivity index (χ3n) is 12.5. The van der Waals surface area contributed by atoms with Crippen molar-refractivity contribution in [1.82, 2.24) is 10.6 Å². The molecule has 6 N–H and O–H groups in total. The number of carbonyl (C=O) groups excluding carboxylic acids is 2. The molecule has 0 aliphatic carbocycles. The first-order chi connectivity index (χ1) is 35.4. The van der Waals surface area contributed by atoms with Crippen molar-refractivity contribution in [3.8, 4) is 23.0 Å². The molecule has 74 heavy (non-hydrogen) atoms. The summed E-state index contributed by atoms with van der Waals surface area (Å²) in [6.07, 6.45) is -2.74. The molecule has 0 saturated carbocycles. The molecule has 0 bridgehead atoms. The second kappa shape index (κ2) is 28.1. The molecule has 6 rings (SSSR count). The lowest BCUT2D eigenvalue weighted by molar-refractivity contribution is -0.154. The molecule has 4 aromatic carbocycles. The van der Waals surface area contributed by atoms with E-state index >= 15 is 0 Å². The average Bonchev–Trinajstić information content (AvgIpc) is 3.96. The van der Waals surface area contributed by atoms with Crippen LogP contribution in [-0.2, 0) is 35.2 Å². The number of anilines is 2. The molecule has 0 unspecified atom stereocenters. The van der Waals surface area contributed by atoms with Gasteiger partial charge in [-0.2, -0.15) is 26.3 Å². The quantitative estimate of drug-likeness (QED) is 0.0268. The fraction of sp³-hybridized carbons (Fsp3) is 0.519. The number of halogens is 6. The van der Waals surface area contributed by atoms with Crippen LogP contribution in [-0.4, -0.2) is 128 Å². The topological polar surface area (TPSA) is 172 Å². The van der Waals surface area contributed by atoms with Gasteiger partial charge in [0.15, 0.2) is 36.2 Å². The number of primary amides is 2. The Balaban J connectivity index is 0.820. The Morgan fingerprint density at radius 1 is 0.554 bits per heavy atom. The minimum Gasteiger partial charge on any atom is -0.488 e. The van der Waals surface area contributed by atoms with Gasteiger partial charge in [0.25, 0.3) is 11.8 Å². The number of nitrogens with one attached hydrogen (secondary N) is 2. The van der Waals surface area contributed by atoms with E-state index in [9.17, 15) is 35.9 Å². The standard InChI is InChI=1S/C54H70F6N6O8/c1-37(63-17-27-71-45-11-3-5-13-47(45)73-35-53(55,56)57)29-39-31-41-15-21-65(49(41)43(33-39)51(61)67)19-9-25-69-23-7-8-24-70-26-10-20-66-22-16-42-32-40(34-44(50(42)66)52(62)68)30-38(2)64-18-28-72-46-12-4-6-14-48(46)74-36-54(58,59)60/h3-6,11-14,31-34,37-38,63-64H,7-10,15-30,35-36H2,1-2H3,(H2,61,67)(H2,62,68)/t37-,38-/m1/s1. The maximum atomic E-state index is 12.7. The van der Waals surface area contributed by atoms with Crippen LogP contribution in [0.3, 0.4) is 0 Å². The number of benzene rings is 4. The van der Waals surface area contributed by atoms with Crippen LogP contribution in [0.2, 0.25) is 0 Å². The lowest BCUT2D eigenvalue weighted by Gasteiger charge is -2.22. The van der Waals surface area contributed by atoms with Gasteiger partial charge in [0.1, 0.15) is 13.2 Å². The number of hydrogen-bond donors (Lipinski definition) is 4. The molecule has 2 atom stereocenters. The minimum absolute atomic E-state index is 0.0144. The second-order valence-corrected chi connectivity index (χ2v) is 18.7. The van der Waals surface area contributed by atoms with E-state index in [0.717, 1.165) is 98.3 Å². The van der Waals surface area contributed by atoms with Crippen LogP contribution in [0.25, 0.3) is 0 Å². The van der Waals surface area contributed by atoms with Gasteiger partial charge in [-0.05, 0) is 124 Å². The number of fused-ring (bicyclic) bond motifs is 2. The third-order valence-corrected chi connectivity index (χ3v) is 12.5. The van der Waals surface area contributed by atoms with Crippen molar-refractivity contribution in [3.63, 3.8) is 0 Å². The van der Waals surface area contributed by atoms with E-state index in [0.29, 0.717) is 63.5 Å². The predicted octanol–water partition coefficient (Wildman–Crippen LogP) is 7.98. The molecule has 2 aliphatic rings. The highest BCUT2D eigenvalue weighted by Crippen LogP contribution is 2.36. The van der Waals surface area contributed by atoms with Crippen molar-refractivity contribution in [2.45, 2.75) is 89.7 Å². The van der Waals surface area contributed by atoms with E-state index < -0.39 is 37.4 Å². The van der Waals surface area contributed by atoms with Gasteiger partial charge in [0, 0.05) is 77.8 Å². The first kappa shape index (κ1) is 57.3. The maximum Gasteiger partial charge on any atom is 0.422 e. The van der Waals surface area contributed by atoms with E-state index in [1.807, 2.05) is 26.0 Å². The molecule has 0 spiro atoms. The Hall–Kier alpha value is -5.96. The van der Waals surface area contributed by atoms with Crippen molar-refractivity contribution in [3.05, 3.63) is 106 Å². The van der Waals surface area contributed by atoms with Crippen molar-refractivity contribution in [2.24, 2.45) is 11.5 Å². The van der Waals surface area contributed by atoms with E-state index in [-0.39, 0.29) is 48.3 Å². The van der Waals surface area contributed by atoms with Gasteiger partial charge in [0.05, 0.1) is 22.5 Å². The third kappa shape index (κ3) is 18.5. The summed E-state index contributed by atoms with van der Waals surface area (Å²) in [7, 11) is 0. The molecular formula is C54H70F6N6O8. The normalized spacial score (nSPS) is 14.2. The molecule has 0 saturated heterocycles. The number of alkyl halides is 6. The Morgan fingerprint density at radius 2 is 0.919 bits per heavy atom. The number of rotatable bonds is 33. The average molecular weight is 1050 g/mol. The van der Waals surface area contributed by atoms with Gasteiger partial charge in [-0.15, -0.1) is 0 Å². The lowest BCUT2D eigenvalue weighted by atomic mass is 9.98. The summed E-state index contributed by atoms with van der Waals surface area (Å²) in [5.41, 5.74) is 18.7. The number of nitrogens with two attached hydrogens (primary N) is 2. The zero-order valence-electron chi connectivity index (χ0n) is 42.2. The molecule has 2 heterocycles. The van der Waals surface area contributed by atoms with Crippen molar-refractivity contribution >= 4 is 23.2 Å². The molecule has 4 aromatic rings. The maximum absolute atomic E-state index is 12.7. The summed E-state index contributed by atoms with van der Waals surface area (Å²) < 4.78 is 109. The summed E-state index contributed by atoms with van der Waals surface area (Å²) in [4.78, 5) is 29.7. The van der Waals surface area contributed by atoms with Gasteiger partial charge in [-0.3, -0.25) is 9.59 Å². The summed E-state index contributed by atoms with van der Waals surface area (Å²) in [5.74, 6) is -0.430. The van der Waals surface area contributed by atoms with Crippen LogP contribution in [0.1, 0.15) is 82.5 Å². The number of ether oxygens (including phenoxy) is 6. The van der Waals surface area contributed by atoms with Crippen LogP contribution in [0.4, 0.5) is 37.7 Å². The molecule has 2 aliphatic heterocycles. The smallest absolute Gasteiger partial charge is 0.422 e. The Bertz CT molecular complexity index is 2260. The highest BCUT2D eigenvalue weighted by Gasteiger charge is 2.31. The van der Waals surface area contributed by atoms with Crippen LogP contribution in [0.15, 0.2) is 72.8 Å². The largest absolute Gasteiger partial charge is 0.488 e. The van der Waals surface area contributed by atoms with Crippen molar-refractivity contribution in [1.29, 1.82) is 0 Å². The van der Waals surface area contributed by atoms with Gasteiger partial charge < -0.3 is 60.3 Å². The van der Waals surface area contributed by atoms with Crippen molar-refractivity contribution in [2.75, 3.05) is 102 Å². The monoisotopic (exact) mass is 1040 g/mol. The first-order valence-electron chi connectivity index (χ1n) is 25.3. The number of unbranched alkanes of at least 4 members (excludes halogenated alkanes) is 1. The lowest BCUT2D eigenvalue weighted by Crippen LogP contribution is -2.32. The van der Waals surface area contributed by atoms with Crippen LogP contribution in [0.5, 0.6) is 23.0 Å². The molecule has 0 radical (unpaired) electrons. The fourth-order valence-electron chi connectivity index (χ4n) is 9.25. The summed E-state index contributed by atoms with van der Waals surface area (Å²) in [6, 6.07) is 20.5. The van der Waals surface area contributed by atoms with Gasteiger partial charge >= 0.3 is 12.4 Å². The Labute approximate surface area is 429 Å². The predicted molar refractivity (Wildman–Crippen MR) is 271 cm³/mol. The van der Waals surface area contributed by atoms with Gasteiger partial charge in [-0.25, -0.2) is 0 Å². The zero-order valence-corrected chi connectivity index (χ0v) is 42.2. The first-order valence-corrected chi connectivity index (χ1v) is 25.3. The zero-order chi connectivity index (χ0) is 53.1. The fourth-order valence-corrected chi connectivity index (χ4v) is 9.25. The number of nitrogens with zero attached hydrogens (tertiary/aromatic N) is 2. The van der Waals surface area contributed by atoms with Crippen molar-refractivity contribution < 1.29 is 64.4 Å². The highest BCUT2D eigenvalue weighted by molar-refractivity contribution is 6.01. The van der Waals surface area contributed by atoms with Gasteiger partial charge in [-0.1, -0.05) is 36.4 Å². The number of para-hydroxylation sites is 4. The highest BCUT2D eigenvalue weighted by atomic mass is 19.4. The molecule has 406 valence electrons. The number of amides is 2. The van der Waals surface area contributed by atoms with E-state index in [1.54, 1.807) is 36.4 Å². The molecule has 20 heteroatoms. The number of carbonyl (C=O) groups is 2. The van der Waals surface area contributed by atoms with E-state index in [4.69, 9.17) is 39.9 Å². The van der Waals surface area contributed by atoms with Crippen LogP contribution >= 0.6 is 0 Å². The van der Waals surface area contributed by atoms with Crippen LogP contribution < -0.4 is 50.8 Å². The van der Waals surface area contributed by atoms with Gasteiger partial charge in [0.2, 0.25) is 0 Å². The molecule has 0 fully saturated rings. The summed E-state index contributed by atoms with van der Waals surface area (Å²) in [5, 5.41) is 6.75. The molecule has 14 nitrogen and oxygen atoms in total. The molecular weight excluding hydrogens is 975 g/mol. The van der Waals surface area contributed by atoms with Crippen LogP contribution in [0, 0.1) is 0 Å².